The van der Waals surface area contributed by atoms with Crippen LogP contribution in [-0.2, 0) is 4.74 Å². The summed E-state index contributed by atoms with van der Waals surface area (Å²) in [6.45, 7) is 2.67. The zero-order chi connectivity index (χ0) is 19.8. The summed E-state index contributed by atoms with van der Waals surface area (Å²) in [5.41, 5.74) is 1.05. The van der Waals surface area contributed by atoms with Crippen LogP contribution in [0.25, 0.3) is 0 Å². The maximum absolute atomic E-state index is 12.6. The lowest BCUT2D eigenvalue weighted by Gasteiger charge is -2.16. The van der Waals surface area contributed by atoms with Crippen molar-refractivity contribution >= 4 is 23.5 Å². The number of aromatic nitrogens is 1. The van der Waals surface area contributed by atoms with E-state index in [-0.39, 0.29) is 22.7 Å². The Morgan fingerprint density at radius 2 is 1.93 bits per heavy atom. The van der Waals surface area contributed by atoms with Crippen molar-refractivity contribution < 1.29 is 19.1 Å². The van der Waals surface area contributed by atoms with E-state index in [2.05, 4.69) is 10.3 Å². The molecule has 1 heterocycles. The molecule has 142 valence electrons. The van der Waals surface area contributed by atoms with Crippen molar-refractivity contribution in [2.24, 2.45) is 0 Å². The Kier molecular flexibility index (Phi) is 7.05. The van der Waals surface area contributed by atoms with Crippen LogP contribution < -0.4 is 5.32 Å². The van der Waals surface area contributed by atoms with Crippen molar-refractivity contribution in [2.75, 3.05) is 26.0 Å². The Morgan fingerprint density at radius 1 is 1.19 bits per heavy atom. The second-order valence-corrected chi connectivity index (χ2v) is 6.00. The summed E-state index contributed by atoms with van der Waals surface area (Å²) in [4.78, 5) is 42.5. The quantitative estimate of drug-likeness (QED) is 0.758. The predicted octanol–water partition coefficient (Wildman–Crippen LogP) is 2.99. The molecule has 1 aromatic heterocycles. The smallest absolute Gasteiger partial charge is 0.339 e. The fraction of sp³-hybridized carbons (Fsp3) is 0.300. The first kappa shape index (κ1) is 20.1. The number of rotatable bonds is 7. The Hall–Kier alpha value is -3.22. The minimum absolute atomic E-state index is 0.197. The van der Waals surface area contributed by atoms with Crippen LogP contribution in [0.5, 0.6) is 0 Å². The number of benzene rings is 1. The monoisotopic (exact) mass is 369 g/mol. The molecule has 1 N–H and O–H groups in total. The van der Waals surface area contributed by atoms with Crippen LogP contribution in [0.2, 0.25) is 0 Å². The maximum atomic E-state index is 12.6. The van der Waals surface area contributed by atoms with Gasteiger partial charge in [-0.25, -0.2) is 4.79 Å². The molecule has 1 aromatic carbocycles. The summed E-state index contributed by atoms with van der Waals surface area (Å²) in [6.07, 6.45) is 3.29. The van der Waals surface area contributed by atoms with E-state index in [1.807, 2.05) is 6.92 Å². The summed E-state index contributed by atoms with van der Waals surface area (Å²) < 4.78 is 4.72. The summed E-state index contributed by atoms with van der Waals surface area (Å²) in [5, 5.41) is 2.68. The molecule has 0 unspecified atom stereocenters. The third kappa shape index (κ3) is 5.13. The van der Waals surface area contributed by atoms with Gasteiger partial charge in [-0.2, -0.15) is 0 Å². The molecule has 7 nitrogen and oxygen atoms in total. The zero-order valence-corrected chi connectivity index (χ0v) is 15.7. The number of nitrogens with zero attached hydrogens (tertiary/aromatic N) is 2. The summed E-state index contributed by atoms with van der Waals surface area (Å²) in [6, 6.07) is 9.50. The van der Waals surface area contributed by atoms with Gasteiger partial charge in [0.2, 0.25) is 0 Å². The molecule has 27 heavy (non-hydrogen) atoms. The number of pyridine rings is 1. The number of hydrogen-bond acceptors (Lipinski definition) is 5. The number of anilines is 1. The average molecular weight is 369 g/mol. The Balaban J connectivity index is 2.19. The van der Waals surface area contributed by atoms with Crippen molar-refractivity contribution in [3.63, 3.8) is 0 Å². The predicted molar refractivity (Wildman–Crippen MR) is 102 cm³/mol. The molecule has 2 amide bonds. The van der Waals surface area contributed by atoms with Gasteiger partial charge >= 0.3 is 5.97 Å². The molecule has 2 rings (SSSR count). The van der Waals surface area contributed by atoms with E-state index in [9.17, 15) is 14.4 Å². The second-order valence-electron chi connectivity index (χ2n) is 6.00. The second kappa shape index (κ2) is 9.47. The number of unbranched alkanes of at least 4 members (excludes halogenated alkanes) is 1. The lowest BCUT2D eigenvalue weighted by molar-refractivity contribution is 0.0601. The SMILES string of the molecule is CCCCN(C)C(=O)c1cc(C(=O)Nc2ccccc2C(=O)OC)ccn1. The standard InChI is InChI=1S/C20H23N3O4/c1-4-5-12-23(2)19(25)17-13-14(10-11-21-17)18(24)22-16-9-7-6-8-15(16)20(26)27-3/h6-11,13H,4-5,12H2,1-3H3,(H,22,24). The molecule has 7 heteroatoms. The lowest BCUT2D eigenvalue weighted by atomic mass is 10.1. The first-order valence-electron chi connectivity index (χ1n) is 8.68. The number of ether oxygens (including phenoxy) is 1. The number of para-hydroxylation sites is 1. The van der Waals surface area contributed by atoms with E-state index >= 15 is 0 Å². The highest BCUT2D eigenvalue weighted by atomic mass is 16.5. The van der Waals surface area contributed by atoms with Gasteiger partial charge in [0.15, 0.2) is 0 Å². The largest absolute Gasteiger partial charge is 0.465 e. The van der Waals surface area contributed by atoms with Crippen LogP contribution in [0.3, 0.4) is 0 Å². The van der Waals surface area contributed by atoms with Crippen molar-refractivity contribution in [3.8, 4) is 0 Å². The fourth-order valence-corrected chi connectivity index (χ4v) is 2.46. The Morgan fingerprint density at radius 3 is 2.63 bits per heavy atom. The number of esters is 1. The van der Waals surface area contributed by atoms with Crippen LogP contribution in [-0.4, -0.2) is 48.4 Å². The first-order chi connectivity index (χ1) is 13.0. The third-order valence-corrected chi connectivity index (χ3v) is 4.02. The van der Waals surface area contributed by atoms with Gasteiger partial charge in [-0.05, 0) is 30.7 Å². The van der Waals surface area contributed by atoms with Crippen molar-refractivity contribution in [2.45, 2.75) is 19.8 Å². The van der Waals surface area contributed by atoms with Crippen LogP contribution in [0, 0.1) is 0 Å². The van der Waals surface area contributed by atoms with Gasteiger partial charge in [0, 0.05) is 25.4 Å². The number of hydrogen-bond donors (Lipinski definition) is 1. The normalized spacial score (nSPS) is 10.2. The van der Waals surface area contributed by atoms with E-state index in [0.29, 0.717) is 12.2 Å². The molecule has 2 aromatic rings. The summed E-state index contributed by atoms with van der Waals surface area (Å²) >= 11 is 0. The molecule has 0 bridgehead atoms. The molecule has 0 saturated heterocycles. The molecule has 0 aliphatic heterocycles. The van der Waals surface area contributed by atoms with Gasteiger partial charge < -0.3 is 15.0 Å². The zero-order valence-electron chi connectivity index (χ0n) is 15.7. The summed E-state index contributed by atoms with van der Waals surface area (Å²) in [7, 11) is 2.98. The number of carbonyl (C=O) groups is 3. The maximum Gasteiger partial charge on any atom is 0.339 e. The van der Waals surface area contributed by atoms with Gasteiger partial charge in [0.05, 0.1) is 18.4 Å². The topological polar surface area (TPSA) is 88.6 Å². The van der Waals surface area contributed by atoms with Gasteiger partial charge in [0.1, 0.15) is 5.69 Å². The molecule has 0 aliphatic carbocycles. The molecule has 0 spiro atoms. The Labute approximate surface area is 158 Å². The van der Waals surface area contributed by atoms with Gasteiger partial charge in [-0.1, -0.05) is 25.5 Å². The number of carbonyl (C=O) groups excluding carboxylic acids is 3. The van der Waals surface area contributed by atoms with E-state index in [0.717, 1.165) is 12.8 Å². The Bertz CT molecular complexity index is 835. The highest BCUT2D eigenvalue weighted by molar-refractivity contribution is 6.08. The fourth-order valence-electron chi connectivity index (χ4n) is 2.46. The number of amides is 2. The average Bonchev–Trinajstić information content (AvgIpc) is 2.71. The van der Waals surface area contributed by atoms with Gasteiger partial charge in [-0.3, -0.25) is 14.6 Å². The molecule has 0 radical (unpaired) electrons. The highest BCUT2D eigenvalue weighted by Crippen LogP contribution is 2.17. The minimum Gasteiger partial charge on any atom is -0.465 e. The molecule has 0 atom stereocenters. The minimum atomic E-state index is -0.547. The van der Waals surface area contributed by atoms with E-state index in [1.165, 1.54) is 25.4 Å². The van der Waals surface area contributed by atoms with Crippen LogP contribution >= 0.6 is 0 Å². The summed E-state index contributed by atoms with van der Waals surface area (Å²) in [5.74, 6) is -1.24. The number of methoxy groups -OCH3 is 1. The number of nitrogens with one attached hydrogen (secondary N) is 1. The van der Waals surface area contributed by atoms with Crippen molar-refractivity contribution in [1.82, 2.24) is 9.88 Å². The van der Waals surface area contributed by atoms with Crippen LogP contribution in [0.1, 0.15) is 51.0 Å². The van der Waals surface area contributed by atoms with Gasteiger partial charge in [0.25, 0.3) is 11.8 Å². The van der Waals surface area contributed by atoms with E-state index in [1.54, 1.807) is 36.2 Å². The van der Waals surface area contributed by atoms with Crippen LogP contribution in [0.4, 0.5) is 5.69 Å². The van der Waals surface area contributed by atoms with E-state index in [4.69, 9.17) is 4.74 Å². The van der Waals surface area contributed by atoms with E-state index < -0.39 is 11.9 Å². The molecular weight excluding hydrogens is 346 g/mol. The molecule has 0 saturated carbocycles. The van der Waals surface area contributed by atoms with Gasteiger partial charge in [-0.15, -0.1) is 0 Å². The third-order valence-electron chi connectivity index (χ3n) is 4.02. The van der Waals surface area contributed by atoms with Crippen molar-refractivity contribution in [1.29, 1.82) is 0 Å². The molecule has 0 aliphatic rings. The molecular formula is C20H23N3O4. The van der Waals surface area contributed by atoms with Crippen LogP contribution in [0.15, 0.2) is 42.6 Å². The molecule has 0 fully saturated rings. The first-order valence-corrected chi connectivity index (χ1v) is 8.68. The van der Waals surface area contributed by atoms with Crippen molar-refractivity contribution in [3.05, 3.63) is 59.4 Å². The highest BCUT2D eigenvalue weighted by Gasteiger charge is 2.17. The lowest BCUT2D eigenvalue weighted by Crippen LogP contribution is -2.28.